The highest BCUT2D eigenvalue weighted by Gasteiger charge is 2.28. The molecule has 1 aliphatic rings. The summed E-state index contributed by atoms with van der Waals surface area (Å²) < 4.78 is 34.2. The molecule has 0 spiro atoms. The number of hydrogen-bond donors (Lipinski definition) is 3. The predicted octanol–water partition coefficient (Wildman–Crippen LogP) is 4.20. The number of carbonyl (C=O) groups is 2. The van der Waals surface area contributed by atoms with Crippen LogP contribution in [0.4, 0.5) is 8.78 Å². The molecule has 0 radical (unpaired) electrons. The Morgan fingerprint density at radius 3 is 2.72 bits per heavy atom. The van der Waals surface area contributed by atoms with Crippen LogP contribution in [0.3, 0.4) is 0 Å². The lowest BCUT2D eigenvalue weighted by atomic mass is 9.97. The van der Waals surface area contributed by atoms with Crippen LogP contribution in [-0.2, 0) is 13.0 Å². The number of aliphatic hydroxyl groups excluding tert-OH is 1. The molecule has 0 saturated carbocycles. The number of aromatic nitrogens is 3. The van der Waals surface area contributed by atoms with E-state index < -0.39 is 23.4 Å². The minimum atomic E-state index is -0.791. The zero-order valence-electron chi connectivity index (χ0n) is 21.2. The molecule has 1 atom stereocenters. The second kappa shape index (κ2) is 10.2. The van der Waals surface area contributed by atoms with Gasteiger partial charge in [-0.05, 0) is 54.2 Å². The zero-order chi connectivity index (χ0) is 27.8. The first-order chi connectivity index (χ1) is 18.7. The number of carbonyl (C=O) groups excluding carboxylic acids is 2. The molecular weight excluding hydrogens is 508 g/mol. The summed E-state index contributed by atoms with van der Waals surface area (Å²) in [5, 5.41) is 19.4. The molecule has 200 valence electrons. The minimum absolute atomic E-state index is 0.0199. The highest BCUT2D eigenvalue weighted by atomic mass is 19.1. The Morgan fingerprint density at radius 2 is 1.97 bits per heavy atom. The molecule has 0 aliphatic heterocycles. The largest absolute Gasteiger partial charge is 0.508 e. The third-order valence-corrected chi connectivity index (χ3v) is 6.87. The fraction of sp³-hybridized carbons (Fsp3) is 0.214. The van der Waals surface area contributed by atoms with Crippen molar-refractivity contribution in [3.8, 4) is 5.75 Å². The molecule has 2 heterocycles. The summed E-state index contributed by atoms with van der Waals surface area (Å²) in [6.07, 6.45) is 2.24. The average molecular weight is 534 g/mol. The molecule has 39 heavy (non-hydrogen) atoms. The Kier molecular flexibility index (Phi) is 6.73. The molecule has 5 rings (SSSR count). The smallest absolute Gasteiger partial charge is 0.270 e. The maximum absolute atomic E-state index is 14.5. The van der Waals surface area contributed by atoms with Crippen molar-refractivity contribution in [1.82, 2.24) is 25.2 Å². The predicted molar refractivity (Wildman–Crippen MR) is 138 cm³/mol. The molecular formula is C28H25F2N5O4. The summed E-state index contributed by atoms with van der Waals surface area (Å²) in [7, 11) is 1.33. The SMILES string of the molecule is C=C(O)c1ccc2c(c1C)CC[C@@H]2NC(=O)c1cc(C(=O)NCc2ccc(F)c(OC)c2)nc2c(F)cnn12. The van der Waals surface area contributed by atoms with Crippen molar-refractivity contribution in [2.45, 2.75) is 32.4 Å². The summed E-state index contributed by atoms with van der Waals surface area (Å²) in [5.41, 5.74) is 3.53. The van der Waals surface area contributed by atoms with Gasteiger partial charge in [-0.2, -0.15) is 5.10 Å². The second-order valence-electron chi connectivity index (χ2n) is 9.22. The molecule has 2 amide bonds. The number of methoxy groups -OCH3 is 1. The fourth-order valence-electron chi connectivity index (χ4n) is 4.88. The van der Waals surface area contributed by atoms with E-state index in [-0.39, 0.29) is 41.1 Å². The summed E-state index contributed by atoms with van der Waals surface area (Å²) in [5.74, 6) is -2.54. The summed E-state index contributed by atoms with van der Waals surface area (Å²) >= 11 is 0. The Labute approximate surface area is 222 Å². The quantitative estimate of drug-likeness (QED) is 0.307. The lowest BCUT2D eigenvalue weighted by Gasteiger charge is -2.16. The highest BCUT2D eigenvalue weighted by Crippen LogP contribution is 2.36. The second-order valence-corrected chi connectivity index (χ2v) is 9.22. The van der Waals surface area contributed by atoms with Crippen molar-refractivity contribution in [3.63, 3.8) is 0 Å². The molecule has 0 fully saturated rings. The Hall–Kier alpha value is -4.80. The van der Waals surface area contributed by atoms with E-state index in [1.54, 1.807) is 6.07 Å². The van der Waals surface area contributed by atoms with Crippen LogP contribution in [-0.4, -0.2) is 38.6 Å². The standard InChI is InChI=1S/C28H25F2N5O4/c1-14-17(15(2)36)5-6-19-18(14)7-9-22(19)34-28(38)24-11-23(33-26-21(30)13-32-35(24)26)27(37)31-12-16-4-8-20(29)25(10-16)39-3/h4-6,8,10-11,13,22,36H,2,7,9,12H2,1,3H3,(H,31,37)(H,34,38)/t22-/m0/s1. The number of fused-ring (bicyclic) bond motifs is 2. The third kappa shape index (κ3) is 4.78. The van der Waals surface area contributed by atoms with Crippen LogP contribution in [0.5, 0.6) is 5.75 Å². The van der Waals surface area contributed by atoms with Crippen molar-refractivity contribution < 1.29 is 28.2 Å². The third-order valence-electron chi connectivity index (χ3n) is 6.87. The van der Waals surface area contributed by atoms with Gasteiger partial charge in [-0.1, -0.05) is 24.8 Å². The van der Waals surface area contributed by atoms with Crippen LogP contribution < -0.4 is 15.4 Å². The number of hydrogen-bond acceptors (Lipinski definition) is 6. The topological polar surface area (TPSA) is 118 Å². The Bertz CT molecular complexity index is 1650. The van der Waals surface area contributed by atoms with Crippen molar-refractivity contribution in [2.75, 3.05) is 7.11 Å². The van der Waals surface area contributed by atoms with E-state index in [1.165, 1.54) is 31.4 Å². The van der Waals surface area contributed by atoms with Crippen LogP contribution in [0.2, 0.25) is 0 Å². The van der Waals surface area contributed by atoms with Crippen LogP contribution in [0, 0.1) is 18.6 Å². The van der Waals surface area contributed by atoms with Gasteiger partial charge in [-0.25, -0.2) is 18.3 Å². The molecule has 4 aromatic rings. The van der Waals surface area contributed by atoms with E-state index in [4.69, 9.17) is 4.74 Å². The highest BCUT2D eigenvalue weighted by molar-refractivity contribution is 5.98. The number of nitrogens with one attached hydrogen (secondary N) is 2. The number of amides is 2. The van der Waals surface area contributed by atoms with Crippen molar-refractivity contribution in [2.24, 2.45) is 0 Å². The molecule has 2 aromatic heterocycles. The van der Waals surface area contributed by atoms with Crippen LogP contribution in [0.15, 0.2) is 49.2 Å². The molecule has 9 nitrogen and oxygen atoms in total. The molecule has 0 saturated heterocycles. The van der Waals surface area contributed by atoms with Gasteiger partial charge < -0.3 is 20.5 Å². The summed E-state index contributed by atoms with van der Waals surface area (Å²) in [6, 6.07) is 8.67. The van der Waals surface area contributed by atoms with E-state index in [1.807, 2.05) is 13.0 Å². The van der Waals surface area contributed by atoms with E-state index in [2.05, 4.69) is 27.3 Å². The molecule has 3 N–H and O–H groups in total. The van der Waals surface area contributed by atoms with Gasteiger partial charge in [-0.3, -0.25) is 9.59 Å². The normalized spacial score (nSPS) is 14.2. The van der Waals surface area contributed by atoms with Crippen molar-refractivity contribution in [1.29, 1.82) is 0 Å². The van der Waals surface area contributed by atoms with Gasteiger partial charge >= 0.3 is 0 Å². The van der Waals surface area contributed by atoms with E-state index in [9.17, 15) is 23.5 Å². The fourth-order valence-corrected chi connectivity index (χ4v) is 4.88. The number of halogens is 2. The van der Waals surface area contributed by atoms with E-state index in [0.717, 1.165) is 27.4 Å². The Balaban J connectivity index is 1.40. The molecule has 0 unspecified atom stereocenters. The lowest BCUT2D eigenvalue weighted by molar-refractivity contribution is 0.0929. The first kappa shape index (κ1) is 25.8. The van der Waals surface area contributed by atoms with Gasteiger partial charge in [0.15, 0.2) is 23.0 Å². The average Bonchev–Trinajstić information content (AvgIpc) is 3.51. The number of benzene rings is 2. The van der Waals surface area contributed by atoms with Crippen molar-refractivity contribution in [3.05, 3.63) is 100 Å². The molecule has 2 aromatic carbocycles. The van der Waals surface area contributed by atoms with Crippen LogP contribution >= 0.6 is 0 Å². The van der Waals surface area contributed by atoms with Gasteiger partial charge in [0, 0.05) is 18.2 Å². The first-order valence-electron chi connectivity index (χ1n) is 12.1. The van der Waals surface area contributed by atoms with Gasteiger partial charge in [0.25, 0.3) is 11.8 Å². The number of aliphatic hydroxyl groups is 1. The van der Waals surface area contributed by atoms with Crippen LogP contribution in [0.25, 0.3) is 11.4 Å². The molecule has 1 aliphatic carbocycles. The van der Waals surface area contributed by atoms with Gasteiger partial charge in [0.2, 0.25) is 0 Å². The van der Waals surface area contributed by atoms with E-state index in [0.29, 0.717) is 24.0 Å². The lowest BCUT2D eigenvalue weighted by Crippen LogP contribution is -2.30. The molecule has 0 bridgehead atoms. The van der Waals surface area contributed by atoms with Gasteiger partial charge in [-0.15, -0.1) is 0 Å². The maximum atomic E-state index is 14.5. The minimum Gasteiger partial charge on any atom is -0.508 e. The van der Waals surface area contributed by atoms with Crippen LogP contribution in [0.1, 0.15) is 61.3 Å². The number of nitrogens with zero attached hydrogens (tertiary/aromatic N) is 3. The molecule has 11 heteroatoms. The first-order valence-corrected chi connectivity index (χ1v) is 12.1. The Morgan fingerprint density at radius 1 is 1.18 bits per heavy atom. The monoisotopic (exact) mass is 533 g/mol. The summed E-state index contributed by atoms with van der Waals surface area (Å²) in [4.78, 5) is 30.4. The van der Waals surface area contributed by atoms with Gasteiger partial charge in [0.1, 0.15) is 17.1 Å². The number of rotatable bonds is 7. The van der Waals surface area contributed by atoms with Gasteiger partial charge in [0.05, 0.1) is 19.3 Å². The summed E-state index contributed by atoms with van der Waals surface area (Å²) in [6.45, 7) is 5.51. The number of ether oxygens (including phenoxy) is 1. The van der Waals surface area contributed by atoms with E-state index >= 15 is 0 Å². The maximum Gasteiger partial charge on any atom is 0.270 e. The van der Waals surface area contributed by atoms with Crippen molar-refractivity contribution >= 4 is 23.2 Å². The zero-order valence-corrected chi connectivity index (χ0v) is 21.2.